The van der Waals surface area contributed by atoms with Crippen LogP contribution >= 0.6 is 0 Å². The van der Waals surface area contributed by atoms with Crippen molar-refractivity contribution in [3.05, 3.63) is 88.6 Å². The van der Waals surface area contributed by atoms with Gasteiger partial charge >= 0.3 is 6.03 Å². The third-order valence-electron chi connectivity index (χ3n) is 4.94. The molecular weight excluding hydrogens is 385 g/mol. The number of imide groups is 1. The lowest BCUT2D eigenvalue weighted by Gasteiger charge is -2.12. The molecule has 7 heteroatoms. The van der Waals surface area contributed by atoms with Crippen molar-refractivity contribution in [3.8, 4) is 11.4 Å². The number of nitrogens with zero attached hydrogens (tertiary/aromatic N) is 1. The van der Waals surface area contributed by atoms with Gasteiger partial charge in [0.2, 0.25) is 0 Å². The van der Waals surface area contributed by atoms with Crippen LogP contribution in [0.5, 0.6) is 5.75 Å². The van der Waals surface area contributed by atoms with Crippen molar-refractivity contribution >= 4 is 18.0 Å². The Bertz CT molecular complexity index is 1160. The van der Waals surface area contributed by atoms with Gasteiger partial charge in [-0.05, 0) is 61.9 Å². The summed E-state index contributed by atoms with van der Waals surface area (Å²) < 4.78 is 21.5. The molecule has 1 saturated heterocycles. The fourth-order valence-electron chi connectivity index (χ4n) is 3.44. The summed E-state index contributed by atoms with van der Waals surface area (Å²) in [5.74, 6) is -0.0974. The van der Waals surface area contributed by atoms with Crippen molar-refractivity contribution in [3.63, 3.8) is 0 Å². The van der Waals surface area contributed by atoms with Crippen molar-refractivity contribution in [2.45, 2.75) is 20.5 Å². The van der Waals surface area contributed by atoms with E-state index in [0.29, 0.717) is 11.3 Å². The van der Waals surface area contributed by atoms with E-state index >= 15 is 0 Å². The number of carbonyl (C=O) groups is 2. The standard InChI is InChI=1S/C23H20FN3O3/c1-14-11-17(12-21-22(28)26-23(29)25-21)15(2)27(14)18-7-9-19(10-8-18)30-13-16-5-3-4-6-20(16)24/h3-12H,13H2,1-2H3,(H2,25,26,28,29)/b21-12-. The van der Waals surface area contributed by atoms with Crippen LogP contribution in [0.3, 0.4) is 0 Å². The van der Waals surface area contributed by atoms with E-state index < -0.39 is 11.9 Å². The minimum absolute atomic E-state index is 0.152. The fraction of sp³-hybridized carbons (Fsp3) is 0.130. The van der Waals surface area contributed by atoms with Crippen LogP contribution in [0.2, 0.25) is 0 Å². The second kappa shape index (κ2) is 7.87. The molecule has 2 heterocycles. The summed E-state index contributed by atoms with van der Waals surface area (Å²) in [6, 6.07) is 15.4. The number of ether oxygens (including phenoxy) is 1. The molecular formula is C23H20FN3O3. The molecule has 6 nitrogen and oxygen atoms in total. The molecule has 0 saturated carbocycles. The van der Waals surface area contributed by atoms with Crippen LogP contribution in [0.1, 0.15) is 22.5 Å². The Labute approximate surface area is 173 Å². The number of amides is 3. The highest BCUT2D eigenvalue weighted by Gasteiger charge is 2.23. The zero-order chi connectivity index (χ0) is 21.3. The molecule has 3 amide bonds. The summed E-state index contributed by atoms with van der Waals surface area (Å²) in [6.07, 6.45) is 1.66. The third-order valence-corrected chi connectivity index (χ3v) is 4.94. The van der Waals surface area contributed by atoms with Crippen molar-refractivity contribution in [2.24, 2.45) is 0 Å². The Balaban J connectivity index is 1.54. The molecule has 2 N–H and O–H groups in total. The van der Waals surface area contributed by atoms with E-state index in [2.05, 4.69) is 10.6 Å². The SMILES string of the molecule is Cc1cc(/C=C2\NC(=O)NC2=O)c(C)n1-c1ccc(OCc2ccccc2F)cc1. The molecule has 0 spiro atoms. The van der Waals surface area contributed by atoms with E-state index in [1.807, 2.05) is 48.7 Å². The lowest BCUT2D eigenvalue weighted by molar-refractivity contribution is -0.115. The van der Waals surface area contributed by atoms with E-state index in [1.165, 1.54) is 6.07 Å². The van der Waals surface area contributed by atoms with Crippen LogP contribution in [0.15, 0.2) is 60.3 Å². The number of nitrogens with one attached hydrogen (secondary N) is 2. The van der Waals surface area contributed by atoms with Crippen LogP contribution in [-0.4, -0.2) is 16.5 Å². The first-order chi connectivity index (χ1) is 14.4. The first-order valence-corrected chi connectivity index (χ1v) is 9.42. The van der Waals surface area contributed by atoms with Crippen molar-refractivity contribution in [1.82, 2.24) is 15.2 Å². The number of hydrogen-bond donors (Lipinski definition) is 2. The number of aromatic nitrogens is 1. The molecule has 0 atom stereocenters. The fourth-order valence-corrected chi connectivity index (χ4v) is 3.44. The van der Waals surface area contributed by atoms with Crippen LogP contribution in [0.25, 0.3) is 11.8 Å². The molecule has 4 rings (SSSR count). The lowest BCUT2D eigenvalue weighted by atomic mass is 10.2. The minimum atomic E-state index is -0.522. The maximum Gasteiger partial charge on any atom is 0.326 e. The zero-order valence-electron chi connectivity index (χ0n) is 16.5. The maximum absolute atomic E-state index is 13.7. The molecule has 0 aliphatic carbocycles. The normalized spacial score (nSPS) is 14.7. The monoisotopic (exact) mass is 405 g/mol. The van der Waals surface area contributed by atoms with Crippen molar-refractivity contribution in [1.29, 1.82) is 0 Å². The molecule has 1 aliphatic heterocycles. The van der Waals surface area contributed by atoms with E-state index in [0.717, 1.165) is 22.6 Å². The number of hydrogen-bond acceptors (Lipinski definition) is 3. The lowest BCUT2D eigenvalue weighted by Crippen LogP contribution is -2.22. The van der Waals surface area contributed by atoms with Gasteiger partial charge in [0.05, 0.1) is 0 Å². The maximum atomic E-state index is 13.7. The van der Waals surface area contributed by atoms with E-state index in [4.69, 9.17) is 4.74 Å². The second-order valence-corrected chi connectivity index (χ2v) is 7.00. The van der Waals surface area contributed by atoms with Crippen LogP contribution in [0.4, 0.5) is 9.18 Å². The summed E-state index contributed by atoms with van der Waals surface area (Å²) in [6.45, 7) is 4.06. The van der Waals surface area contributed by atoms with E-state index in [1.54, 1.807) is 24.3 Å². The molecule has 152 valence electrons. The first-order valence-electron chi connectivity index (χ1n) is 9.42. The van der Waals surface area contributed by atoms with Crippen LogP contribution < -0.4 is 15.4 Å². The van der Waals surface area contributed by atoms with Gasteiger partial charge in [0.25, 0.3) is 5.91 Å². The number of halogens is 1. The van der Waals surface area contributed by atoms with E-state index in [9.17, 15) is 14.0 Å². The highest BCUT2D eigenvalue weighted by Crippen LogP contribution is 2.25. The van der Waals surface area contributed by atoms with Gasteiger partial charge in [-0.2, -0.15) is 0 Å². The van der Waals surface area contributed by atoms with Crippen LogP contribution in [-0.2, 0) is 11.4 Å². The average molecular weight is 405 g/mol. The summed E-state index contributed by atoms with van der Waals surface area (Å²) in [4.78, 5) is 23.1. The quantitative estimate of drug-likeness (QED) is 0.498. The predicted octanol–water partition coefficient (Wildman–Crippen LogP) is 3.99. The number of aryl methyl sites for hydroxylation is 1. The molecule has 0 unspecified atom stereocenters. The average Bonchev–Trinajstić information content (AvgIpc) is 3.19. The molecule has 0 bridgehead atoms. The number of rotatable bonds is 5. The Kier molecular flexibility index (Phi) is 5.10. The summed E-state index contributed by atoms with van der Waals surface area (Å²) >= 11 is 0. The topological polar surface area (TPSA) is 72.4 Å². The predicted molar refractivity (Wildman–Crippen MR) is 111 cm³/mol. The molecule has 30 heavy (non-hydrogen) atoms. The zero-order valence-corrected chi connectivity index (χ0v) is 16.5. The molecule has 2 aromatic carbocycles. The summed E-state index contributed by atoms with van der Waals surface area (Å²) in [5.41, 5.74) is 4.38. The second-order valence-electron chi connectivity index (χ2n) is 7.00. The minimum Gasteiger partial charge on any atom is -0.489 e. The Morgan fingerprint density at radius 2 is 1.77 bits per heavy atom. The van der Waals surface area contributed by atoms with Gasteiger partial charge < -0.3 is 14.6 Å². The molecule has 3 aromatic rings. The summed E-state index contributed by atoms with van der Waals surface area (Å²) in [5, 5.41) is 4.69. The number of benzene rings is 2. The van der Waals surface area contributed by atoms with Gasteiger partial charge in [-0.1, -0.05) is 18.2 Å². The Hall–Kier alpha value is -3.87. The highest BCUT2D eigenvalue weighted by molar-refractivity contribution is 6.14. The summed E-state index contributed by atoms with van der Waals surface area (Å²) in [7, 11) is 0. The Morgan fingerprint density at radius 3 is 2.43 bits per heavy atom. The van der Waals surface area contributed by atoms with Gasteiger partial charge in [-0.15, -0.1) is 0 Å². The van der Waals surface area contributed by atoms with Gasteiger partial charge in [0, 0.05) is 22.6 Å². The van der Waals surface area contributed by atoms with Crippen LogP contribution in [0, 0.1) is 19.7 Å². The van der Waals surface area contributed by atoms with E-state index in [-0.39, 0.29) is 18.1 Å². The number of urea groups is 1. The smallest absolute Gasteiger partial charge is 0.326 e. The highest BCUT2D eigenvalue weighted by atomic mass is 19.1. The first kappa shape index (κ1) is 19.4. The van der Waals surface area contributed by atoms with Crippen molar-refractivity contribution < 1.29 is 18.7 Å². The third kappa shape index (κ3) is 3.82. The van der Waals surface area contributed by atoms with Gasteiger partial charge in [-0.3, -0.25) is 10.1 Å². The molecule has 1 aromatic heterocycles. The Morgan fingerprint density at radius 1 is 1.03 bits per heavy atom. The number of carbonyl (C=O) groups excluding carboxylic acids is 2. The largest absolute Gasteiger partial charge is 0.489 e. The van der Waals surface area contributed by atoms with Gasteiger partial charge in [0.15, 0.2) is 0 Å². The van der Waals surface area contributed by atoms with Crippen molar-refractivity contribution in [2.75, 3.05) is 0 Å². The molecule has 1 fully saturated rings. The van der Waals surface area contributed by atoms with Gasteiger partial charge in [-0.25, -0.2) is 9.18 Å². The molecule has 0 radical (unpaired) electrons. The van der Waals surface area contributed by atoms with Gasteiger partial charge in [0.1, 0.15) is 23.9 Å². The molecule has 1 aliphatic rings.